The Morgan fingerprint density at radius 1 is 0.212 bits per heavy atom. The van der Waals surface area contributed by atoms with Crippen LogP contribution in [0.15, 0.2) is 48.5 Å². The van der Waals surface area contributed by atoms with Crippen LogP contribution in [0.1, 0.15) is 103 Å². The average molecular weight is 1520 g/mol. The number of ether oxygens (including phenoxy) is 8. The molecule has 0 saturated heterocycles. The number of hydrogen-bond donors (Lipinski definition) is 2. The second-order valence-electron chi connectivity index (χ2n) is 23.4. The van der Waals surface area contributed by atoms with E-state index < -0.39 is 319 Å². The van der Waals surface area contributed by atoms with Crippen molar-refractivity contribution in [1.29, 1.82) is 0 Å². The minimum Gasteiger partial charge on any atom is -0.493 e. The van der Waals surface area contributed by atoms with Gasteiger partial charge in [-0.05, 0) is 99.9 Å². The van der Waals surface area contributed by atoms with Gasteiger partial charge in [-0.2, -0.15) is 105 Å². The fourth-order valence-electron chi connectivity index (χ4n) is 10.7. The average Bonchev–Trinajstić information content (AvgIpc) is 1.58. The zero-order valence-electron chi connectivity index (χ0n) is 53.6. The van der Waals surface area contributed by atoms with Crippen LogP contribution in [-0.4, -0.2) is 142 Å². The summed E-state index contributed by atoms with van der Waals surface area (Å²) >= 11 is 0. The maximum Gasteiger partial charge on any atom is 0.389 e. The molecule has 0 aliphatic carbocycles. The van der Waals surface area contributed by atoms with Crippen LogP contribution in [-0.2, 0) is 0 Å². The molecule has 570 valence electrons. The summed E-state index contributed by atoms with van der Waals surface area (Å²) in [6, 6.07) is 8.65. The van der Waals surface area contributed by atoms with Crippen LogP contribution in [0.25, 0.3) is 89.7 Å². The van der Waals surface area contributed by atoms with Gasteiger partial charge in [0.2, 0.25) is 0 Å². The predicted molar refractivity (Wildman–Crippen MR) is 322 cm³/mol. The molecule has 9 rings (SSSR count). The van der Waals surface area contributed by atoms with Crippen molar-refractivity contribution >= 4 is 44.1 Å². The summed E-state index contributed by atoms with van der Waals surface area (Å²) in [5.74, 6) is -6.02. The monoisotopic (exact) mass is 1520 g/mol. The van der Waals surface area contributed by atoms with Gasteiger partial charge in [0.25, 0.3) is 0 Å². The molecule has 2 N–H and O–H groups in total. The summed E-state index contributed by atoms with van der Waals surface area (Å²) in [6.45, 7) is -6.09. The minimum absolute atomic E-state index is 0.386. The summed E-state index contributed by atoms with van der Waals surface area (Å²) in [7, 11) is 0. The highest BCUT2D eigenvalue weighted by Gasteiger charge is 2.37. The number of rotatable bonds is 32. The Morgan fingerprint density at radius 3 is 0.510 bits per heavy atom. The SMILES string of the molecule is FC(F)(F)CCCOc1ccc(OCCCC(F)(F)F)c2c1-c1nc-2nc2[nH]c(nc3nc(nc4[nH]c(n1)c1c(OCCCC(F)(F)F)ccc(OCCCC(F)(F)F)c41)-c1c(OCCCC(F)(F)F)ccc(OCCCC(F)(F)F)c1-3)c1c(OCCCC(F)(F)F)ccc(OCCCC(F)(F)F)c21. The molecule has 0 fully saturated rings. The van der Waals surface area contributed by atoms with Gasteiger partial charge in [0.05, 0.1) is 96.7 Å². The lowest BCUT2D eigenvalue weighted by Gasteiger charge is -2.15. The van der Waals surface area contributed by atoms with Crippen molar-refractivity contribution in [3.63, 3.8) is 0 Å². The first-order valence-corrected chi connectivity index (χ1v) is 31.6. The molecule has 0 spiro atoms. The van der Waals surface area contributed by atoms with Crippen LogP contribution in [0, 0.1) is 0 Å². The third-order valence-corrected chi connectivity index (χ3v) is 15.0. The number of nitrogens with zero attached hydrogens (tertiary/aromatic N) is 6. The third kappa shape index (κ3) is 22.5. The molecular formula is C64H58F24N8O8. The van der Waals surface area contributed by atoms with E-state index in [0.29, 0.717) is 0 Å². The van der Waals surface area contributed by atoms with Gasteiger partial charge in [-0.3, -0.25) is 0 Å². The third-order valence-electron chi connectivity index (χ3n) is 15.0. The van der Waals surface area contributed by atoms with Gasteiger partial charge in [-0.25, -0.2) is 29.9 Å². The highest BCUT2D eigenvalue weighted by Crippen LogP contribution is 2.51. The zero-order valence-corrected chi connectivity index (χ0v) is 53.6. The van der Waals surface area contributed by atoms with Crippen molar-refractivity contribution in [2.75, 3.05) is 52.9 Å². The molecule has 2 aliphatic heterocycles. The molecule has 3 aromatic heterocycles. The van der Waals surface area contributed by atoms with Gasteiger partial charge in [0.1, 0.15) is 68.6 Å². The molecule has 0 unspecified atom stereocenters. The molecule has 8 bridgehead atoms. The molecule has 0 radical (unpaired) electrons. The summed E-state index contributed by atoms with van der Waals surface area (Å²) < 4.78 is 375. The van der Waals surface area contributed by atoms with E-state index in [4.69, 9.17) is 57.8 Å². The Labute approximate surface area is 571 Å². The van der Waals surface area contributed by atoms with Crippen LogP contribution in [0.4, 0.5) is 105 Å². The number of nitrogens with one attached hydrogen (secondary N) is 2. The lowest BCUT2D eigenvalue weighted by molar-refractivity contribution is -0.137. The van der Waals surface area contributed by atoms with E-state index in [2.05, 4.69) is 19.9 Å². The van der Waals surface area contributed by atoms with E-state index in [1.807, 2.05) is 0 Å². The maximum absolute atomic E-state index is 13.7. The number of H-pyrrole nitrogens is 2. The minimum atomic E-state index is -4.75. The fraction of sp³-hybridized carbons (Fsp3) is 0.500. The van der Waals surface area contributed by atoms with Gasteiger partial charge in [0.15, 0.2) is 23.3 Å². The number of aromatic amines is 2. The number of alkyl halides is 24. The first-order chi connectivity index (χ1) is 48.6. The van der Waals surface area contributed by atoms with Crippen LogP contribution in [0.5, 0.6) is 46.0 Å². The summed E-state index contributed by atoms with van der Waals surface area (Å²) in [5, 5.41) is -1.54. The molecule has 4 aromatic carbocycles. The highest BCUT2D eigenvalue weighted by molar-refractivity contribution is 6.13. The molecule has 0 saturated carbocycles. The summed E-state index contributed by atoms with van der Waals surface area (Å²) in [6.07, 6.45) is -55.4. The number of benzene rings is 4. The first kappa shape index (κ1) is 79.1. The Morgan fingerprint density at radius 2 is 0.356 bits per heavy atom. The predicted octanol–water partition coefficient (Wildman–Crippen LogP) is 20.6. The maximum atomic E-state index is 13.7. The lowest BCUT2D eigenvalue weighted by atomic mass is 10.1. The number of fused-ring (bicyclic) bond motifs is 20. The van der Waals surface area contributed by atoms with Crippen molar-refractivity contribution in [1.82, 2.24) is 39.9 Å². The quantitative estimate of drug-likeness (QED) is 0.0300. The van der Waals surface area contributed by atoms with Crippen molar-refractivity contribution in [2.24, 2.45) is 0 Å². The number of hydrogen-bond acceptors (Lipinski definition) is 14. The Bertz CT molecular complexity index is 3770. The zero-order chi connectivity index (χ0) is 75.8. The molecule has 0 amide bonds. The Kier molecular flexibility index (Phi) is 24.4. The lowest BCUT2D eigenvalue weighted by Crippen LogP contribution is -2.10. The summed E-state index contributed by atoms with van der Waals surface area (Å²) in [5.41, 5.74) is -3.95. The molecule has 5 heterocycles. The highest BCUT2D eigenvalue weighted by atomic mass is 19.4. The topological polar surface area (TPSA) is 183 Å². The van der Waals surface area contributed by atoms with Gasteiger partial charge in [-0.15, -0.1) is 0 Å². The van der Waals surface area contributed by atoms with Crippen molar-refractivity contribution in [3.05, 3.63) is 48.5 Å². The normalized spacial score (nSPS) is 13.2. The molecule has 40 heteroatoms. The molecule has 104 heavy (non-hydrogen) atoms. The second-order valence-corrected chi connectivity index (χ2v) is 23.4. The van der Waals surface area contributed by atoms with Crippen LogP contribution in [0.3, 0.4) is 0 Å². The Balaban J connectivity index is 1.48. The number of halogens is 24. The molecule has 16 nitrogen and oxygen atoms in total. The van der Waals surface area contributed by atoms with E-state index in [0.717, 1.165) is 48.5 Å². The Hall–Kier alpha value is -9.04. The van der Waals surface area contributed by atoms with Crippen molar-refractivity contribution < 1.29 is 143 Å². The van der Waals surface area contributed by atoms with Crippen LogP contribution in [0.2, 0.25) is 0 Å². The second kappa shape index (κ2) is 32.1. The largest absolute Gasteiger partial charge is 0.493 e. The van der Waals surface area contributed by atoms with E-state index in [9.17, 15) is 105 Å². The summed E-state index contributed by atoms with van der Waals surface area (Å²) in [4.78, 5) is 34.1. The molecular weight excluding hydrogens is 1460 g/mol. The first-order valence-electron chi connectivity index (χ1n) is 31.6. The van der Waals surface area contributed by atoms with Gasteiger partial charge in [0, 0.05) is 51.4 Å². The van der Waals surface area contributed by atoms with Crippen LogP contribution >= 0.6 is 0 Å². The van der Waals surface area contributed by atoms with Gasteiger partial charge < -0.3 is 47.9 Å². The standard InChI is InChI=1S/C64H58F24N8O8/c65-57(66,67)17-1-25-97-33-9-10-34(98-26-2-18-58(68,69)70)42-41(33)49-89-50(42)94-52-45-37(101-29-5-21-61(77,78)79)13-14-38(102-30-6-22-62(80,81)82)46(45)54(91-52)96-56-48-40(104-32-8-24-64(86,87)88)16-15-39(103-31-7-23-63(83,84)85)47(48)55(92-56)95-53-44-36(100-28-4-20-60(74,75)76)12-11-35(43(44)51(90-53)93-49)99-27-3-19-59(71,72)73/h9-16H,1-8,17-32H2,(H2,89,90,91,92,93,94,95,96). The molecule has 2 aliphatic rings. The van der Waals surface area contributed by atoms with Crippen molar-refractivity contribution in [2.45, 2.75) is 152 Å². The number of aromatic nitrogens is 8. The fourth-order valence-corrected chi connectivity index (χ4v) is 10.7. The molecule has 7 aromatic rings. The smallest absolute Gasteiger partial charge is 0.389 e. The van der Waals surface area contributed by atoms with Gasteiger partial charge >= 0.3 is 49.4 Å². The van der Waals surface area contributed by atoms with Gasteiger partial charge in [-0.1, -0.05) is 0 Å². The van der Waals surface area contributed by atoms with E-state index >= 15 is 0 Å². The van der Waals surface area contributed by atoms with Crippen LogP contribution < -0.4 is 37.9 Å². The van der Waals surface area contributed by atoms with Crippen molar-refractivity contribution in [3.8, 4) is 91.5 Å². The molecule has 0 atom stereocenters. The van der Waals surface area contributed by atoms with E-state index in [1.165, 1.54) is 0 Å². The van der Waals surface area contributed by atoms with E-state index in [-0.39, 0.29) is 21.5 Å². The van der Waals surface area contributed by atoms with E-state index in [1.54, 1.807) is 0 Å².